The second kappa shape index (κ2) is 6.98. The maximum atomic E-state index is 12.6. The lowest BCUT2D eigenvalue weighted by molar-refractivity contribution is -0.144. The predicted molar refractivity (Wildman–Crippen MR) is 84.0 cm³/mol. The number of methoxy groups -OCH3 is 1. The van der Waals surface area contributed by atoms with Gasteiger partial charge in [-0.15, -0.1) is 0 Å². The number of fused-ring (bicyclic) bond motifs is 1. The van der Waals surface area contributed by atoms with E-state index in [9.17, 15) is 14.7 Å². The van der Waals surface area contributed by atoms with Gasteiger partial charge in [0.2, 0.25) is 6.10 Å². The van der Waals surface area contributed by atoms with E-state index < -0.39 is 6.10 Å². The quantitative estimate of drug-likeness (QED) is 0.839. The molecule has 0 saturated carbocycles. The number of aromatic hydroxyl groups is 1. The number of hydrogen-bond donors (Lipinski definition) is 1. The van der Waals surface area contributed by atoms with Crippen LogP contribution in [0.5, 0.6) is 17.2 Å². The van der Waals surface area contributed by atoms with Gasteiger partial charge in [-0.3, -0.25) is 9.59 Å². The number of amides is 1. The SMILES string of the molecule is COC(=O)CC1CCN(C(=O)C2COc3ccc(O)cc3O2)CC1. The molecule has 7 nitrogen and oxygen atoms in total. The van der Waals surface area contributed by atoms with E-state index in [0.717, 1.165) is 12.8 Å². The summed E-state index contributed by atoms with van der Waals surface area (Å²) in [5.74, 6) is 0.881. The van der Waals surface area contributed by atoms with Gasteiger partial charge in [-0.05, 0) is 30.9 Å². The number of piperidine rings is 1. The molecule has 1 aromatic carbocycles. The Bertz CT molecular complexity index is 624. The van der Waals surface area contributed by atoms with Crippen molar-refractivity contribution in [2.75, 3.05) is 26.8 Å². The van der Waals surface area contributed by atoms with E-state index in [0.29, 0.717) is 31.0 Å². The number of phenolic OH excluding ortho intramolecular Hbond substituents is 1. The zero-order valence-corrected chi connectivity index (χ0v) is 13.6. The molecule has 1 aromatic rings. The van der Waals surface area contributed by atoms with Crippen molar-refractivity contribution in [1.29, 1.82) is 0 Å². The zero-order valence-electron chi connectivity index (χ0n) is 13.6. The van der Waals surface area contributed by atoms with Crippen molar-refractivity contribution in [2.24, 2.45) is 5.92 Å². The second-order valence-corrected chi connectivity index (χ2v) is 6.10. The second-order valence-electron chi connectivity index (χ2n) is 6.10. The molecule has 0 radical (unpaired) electrons. The third-order valence-corrected chi connectivity index (χ3v) is 4.47. The summed E-state index contributed by atoms with van der Waals surface area (Å²) in [6, 6.07) is 4.57. The van der Waals surface area contributed by atoms with E-state index in [2.05, 4.69) is 4.74 Å². The molecule has 0 bridgehead atoms. The molecule has 0 aliphatic carbocycles. The van der Waals surface area contributed by atoms with Crippen LogP contribution >= 0.6 is 0 Å². The highest BCUT2D eigenvalue weighted by Gasteiger charge is 2.33. The number of hydrogen-bond acceptors (Lipinski definition) is 6. The minimum absolute atomic E-state index is 0.0640. The van der Waals surface area contributed by atoms with E-state index in [1.165, 1.54) is 19.2 Å². The smallest absolute Gasteiger partial charge is 0.305 e. The number of carbonyl (C=O) groups excluding carboxylic acids is 2. The van der Waals surface area contributed by atoms with Crippen molar-refractivity contribution < 1.29 is 28.9 Å². The molecule has 1 saturated heterocycles. The Hall–Kier alpha value is -2.44. The fraction of sp³-hybridized carbons (Fsp3) is 0.529. The number of likely N-dealkylation sites (tertiary alicyclic amines) is 1. The molecule has 0 aromatic heterocycles. The third-order valence-electron chi connectivity index (χ3n) is 4.47. The number of benzene rings is 1. The first-order chi connectivity index (χ1) is 11.6. The van der Waals surface area contributed by atoms with Gasteiger partial charge in [-0.2, -0.15) is 0 Å². The fourth-order valence-electron chi connectivity index (χ4n) is 3.06. The van der Waals surface area contributed by atoms with Crippen molar-refractivity contribution in [3.8, 4) is 17.2 Å². The van der Waals surface area contributed by atoms with Gasteiger partial charge in [-0.1, -0.05) is 0 Å². The zero-order chi connectivity index (χ0) is 17.1. The first kappa shape index (κ1) is 16.4. The predicted octanol–water partition coefficient (Wildman–Crippen LogP) is 1.33. The number of phenols is 1. The third kappa shape index (κ3) is 3.55. The highest BCUT2D eigenvalue weighted by molar-refractivity contribution is 5.82. The summed E-state index contributed by atoms with van der Waals surface area (Å²) in [5.41, 5.74) is 0. The first-order valence-electron chi connectivity index (χ1n) is 8.05. The molecule has 24 heavy (non-hydrogen) atoms. The number of esters is 1. The Morgan fingerprint density at radius 2 is 2.04 bits per heavy atom. The van der Waals surface area contributed by atoms with Gasteiger partial charge in [0.25, 0.3) is 5.91 Å². The highest BCUT2D eigenvalue weighted by atomic mass is 16.6. The van der Waals surface area contributed by atoms with Crippen LogP contribution in [0.4, 0.5) is 0 Å². The molecule has 1 N–H and O–H groups in total. The minimum Gasteiger partial charge on any atom is -0.508 e. The molecule has 2 aliphatic heterocycles. The lowest BCUT2D eigenvalue weighted by Gasteiger charge is -2.35. The molecule has 0 spiro atoms. The minimum atomic E-state index is -0.712. The van der Waals surface area contributed by atoms with Crippen LogP contribution in [0.3, 0.4) is 0 Å². The molecule has 2 aliphatic rings. The Kier molecular flexibility index (Phi) is 4.78. The van der Waals surface area contributed by atoms with Gasteiger partial charge in [0.15, 0.2) is 11.5 Å². The average molecular weight is 335 g/mol. The number of nitrogens with zero attached hydrogens (tertiary/aromatic N) is 1. The Labute approximate surface area is 140 Å². The van der Waals surface area contributed by atoms with Gasteiger partial charge in [0.1, 0.15) is 12.4 Å². The van der Waals surface area contributed by atoms with Crippen LogP contribution in [0, 0.1) is 5.92 Å². The molecular weight excluding hydrogens is 314 g/mol. The molecule has 2 heterocycles. The van der Waals surface area contributed by atoms with Gasteiger partial charge >= 0.3 is 5.97 Å². The lowest BCUT2D eigenvalue weighted by Crippen LogP contribution is -2.49. The van der Waals surface area contributed by atoms with Crippen LogP contribution in [0.15, 0.2) is 18.2 Å². The Balaban J connectivity index is 1.55. The van der Waals surface area contributed by atoms with Crippen molar-refractivity contribution in [1.82, 2.24) is 4.90 Å². The Morgan fingerprint density at radius 1 is 1.29 bits per heavy atom. The normalized spacial score (nSPS) is 20.5. The van der Waals surface area contributed by atoms with Crippen LogP contribution in [0.1, 0.15) is 19.3 Å². The fourth-order valence-corrected chi connectivity index (χ4v) is 3.06. The maximum Gasteiger partial charge on any atom is 0.305 e. The van der Waals surface area contributed by atoms with E-state index in [4.69, 9.17) is 9.47 Å². The molecule has 1 atom stereocenters. The molecular formula is C17H21NO6. The summed E-state index contributed by atoms with van der Waals surface area (Å²) in [5, 5.41) is 9.51. The summed E-state index contributed by atoms with van der Waals surface area (Å²) in [4.78, 5) is 25.7. The van der Waals surface area contributed by atoms with Crippen LogP contribution in [-0.4, -0.2) is 54.8 Å². The van der Waals surface area contributed by atoms with E-state index in [-0.39, 0.29) is 30.2 Å². The van der Waals surface area contributed by atoms with E-state index in [1.54, 1.807) is 11.0 Å². The highest BCUT2D eigenvalue weighted by Crippen LogP contribution is 2.35. The van der Waals surface area contributed by atoms with Crippen molar-refractivity contribution in [3.05, 3.63) is 18.2 Å². The lowest BCUT2D eigenvalue weighted by atomic mass is 9.93. The van der Waals surface area contributed by atoms with Crippen LogP contribution in [0.2, 0.25) is 0 Å². The number of rotatable bonds is 3. The van der Waals surface area contributed by atoms with Gasteiger partial charge in [0, 0.05) is 25.6 Å². The summed E-state index contributed by atoms with van der Waals surface area (Å²) >= 11 is 0. The van der Waals surface area contributed by atoms with Crippen molar-refractivity contribution in [3.63, 3.8) is 0 Å². The monoisotopic (exact) mass is 335 g/mol. The molecule has 1 fully saturated rings. The maximum absolute atomic E-state index is 12.6. The van der Waals surface area contributed by atoms with Crippen molar-refractivity contribution in [2.45, 2.75) is 25.4 Å². The summed E-state index contributed by atoms with van der Waals surface area (Å²) in [6.45, 7) is 1.33. The average Bonchev–Trinajstić information content (AvgIpc) is 2.61. The Morgan fingerprint density at radius 3 is 2.75 bits per heavy atom. The van der Waals surface area contributed by atoms with Crippen LogP contribution < -0.4 is 9.47 Å². The van der Waals surface area contributed by atoms with E-state index in [1.807, 2.05) is 0 Å². The van der Waals surface area contributed by atoms with Gasteiger partial charge < -0.3 is 24.2 Å². The van der Waals surface area contributed by atoms with Gasteiger partial charge in [-0.25, -0.2) is 0 Å². The summed E-state index contributed by atoms with van der Waals surface area (Å²) in [6.07, 6.45) is 1.22. The number of carbonyl (C=O) groups is 2. The van der Waals surface area contributed by atoms with Gasteiger partial charge in [0.05, 0.1) is 7.11 Å². The topological polar surface area (TPSA) is 85.3 Å². The molecule has 7 heteroatoms. The van der Waals surface area contributed by atoms with Crippen LogP contribution in [-0.2, 0) is 14.3 Å². The summed E-state index contributed by atoms with van der Waals surface area (Å²) < 4.78 is 15.9. The molecule has 3 rings (SSSR count). The van der Waals surface area contributed by atoms with E-state index >= 15 is 0 Å². The molecule has 1 unspecified atom stereocenters. The van der Waals surface area contributed by atoms with Crippen molar-refractivity contribution >= 4 is 11.9 Å². The largest absolute Gasteiger partial charge is 0.508 e. The van der Waals surface area contributed by atoms with Crippen LogP contribution in [0.25, 0.3) is 0 Å². The number of ether oxygens (including phenoxy) is 3. The standard InChI is InChI=1S/C17H21NO6/c1-22-16(20)8-11-4-6-18(7-5-11)17(21)15-10-23-13-3-2-12(19)9-14(13)24-15/h2-3,9,11,15,19H,4-8,10H2,1H3. The molecule has 1 amide bonds. The first-order valence-corrected chi connectivity index (χ1v) is 8.05. The molecule has 130 valence electrons. The summed E-state index contributed by atoms with van der Waals surface area (Å²) in [7, 11) is 1.39.